The first kappa shape index (κ1) is 12.1. The Hall–Kier alpha value is -0.940. The van der Waals surface area contributed by atoms with Gasteiger partial charge in [0.05, 0.1) is 11.2 Å². The highest BCUT2D eigenvalue weighted by Gasteiger charge is 2.23. The van der Waals surface area contributed by atoms with Gasteiger partial charge in [0.15, 0.2) is 0 Å². The summed E-state index contributed by atoms with van der Waals surface area (Å²) in [5, 5.41) is 3.04. The number of rotatable bonds is 4. The topological polar surface area (TPSA) is 68.0 Å². The van der Waals surface area contributed by atoms with E-state index in [2.05, 4.69) is 26.2 Å². The summed E-state index contributed by atoms with van der Waals surface area (Å²) in [4.78, 5) is 15.2. The van der Waals surface area contributed by atoms with E-state index >= 15 is 0 Å². The van der Waals surface area contributed by atoms with Gasteiger partial charge in [-0.15, -0.1) is 0 Å². The lowest BCUT2D eigenvalue weighted by atomic mass is 10.1. The van der Waals surface area contributed by atoms with Gasteiger partial charge in [-0.3, -0.25) is 15.1 Å². The standard InChI is InChI=1S/C10H14BrN3O/c1-10(2,9(12)15)14-6-8-5-7(11)3-4-13-8/h3-5,14H,6H2,1-2H3,(H2,12,15). The van der Waals surface area contributed by atoms with Gasteiger partial charge in [-0.25, -0.2) is 0 Å². The van der Waals surface area contributed by atoms with Crippen LogP contribution in [0.1, 0.15) is 19.5 Å². The number of pyridine rings is 1. The molecule has 0 spiro atoms. The third-order valence-electron chi connectivity index (χ3n) is 2.11. The minimum Gasteiger partial charge on any atom is -0.368 e. The minimum atomic E-state index is -0.718. The zero-order valence-corrected chi connectivity index (χ0v) is 10.3. The number of aromatic nitrogens is 1. The summed E-state index contributed by atoms with van der Waals surface area (Å²) < 4.78 is 0.964. The molecule has 5 heteroatoms. The monoisotopic (exact) mass is 271 g/mol. The van der Waals surface area contributed by atoms with E-state index in [-0.39, 0.29) is 5.91 Å². The predicted octanol–water partition coefficient (Wildman–Crippen LogP) is 1.20. The van der Waals surface area contributed by atoms with E-state index in [1.165, 1.54) is 0 Å². The van der Waals surface area contributed by atoms with Crippen molar-refractivity contribution in [2.75, 3.05) is 0 Å². The molecule has 0 bridgehead atoms. The quantitative estimate of drug-likeness (QED) is 0.865. The molecule has 0 aliphatic rings. The fraction of sp³-hybridized carbons (Fsp3) is 0.400. The predicted molar refractivity (Wildman–Crippen MR) is 62.1 cm³/mol. The van der Waals surface area contributed by atoms with E-state index in [1.807, 2.05) is 12.1 Å². The molecule has 0 fully saturated rings. The van der Waals surface area contributed by atoms with Crippen LogP contribution in [0.4, 0.5) is 0 Å². The highest BCUT2D eigenvalue weighted by molar-refractivity contribution is 9.10. The molecule has 1 rings (SSSR count). The molecule has 82 valence electrons. The molecule has 0 saturated heterocycles. The maximum Gasteiger partial charge on any atom is 0.237 e. The van der Waals surface area contributed by atoms with Crippen LogP contribution in [0.15, 0.2) is 22.8 Å². The zero-order valence-electron chi connectivity index (χ0n) is 8.75. The number of hydrogen-bond donors (Lipinski definition) is 2. The van der Waals surface area contributed by atoms with Crippen molar-refractivity contribution in [2.45, 2.75) is 25.9 Å². The molecular weight excluding hydrogens is 258 g/mol. The average Bonchev–Trinajstić information content (AvgIpc) is 2.15. The van der Waals surface area contributed by atoms with E-state index in [4.69, 9.17) is 5.73 Å². The number of hydrogen-bond acceptors (Lipinski definition) is 3. The summed E-state index contributed by atoms with van der Waals surface area (Å²) >= 11 is 3.35. The van der Waals surface area contributed by atoms with Gasteiger partial charge < -0.3 is 5.73 Å². The molecule has 15 heavy (non-hydrogen) atoms. The third-order valence-corrected chi connectivity index (χ3v) is 2.60. The molecule has 0 aromatic carbocycles. The maximum atomic E-state index is 11.0. The van der Waals surface area contributed by atoms with Gasteiger partial charge in [-0.2, -0.15) is 0 Å². The van der Waals surface area contributed by atoms with Gasteiger partial charge in [-0.1, -0.05) is 15.9 Å². The van der Waals surface area contributed by atoms with Gasteiger partial charge in [0.2, 0.25) is 5.91 Å². The lowest BCUT2D eigenvalue weighted by Gasteiger charge is -2.21. The molecule has 0 aliphatic carbocycles. The maximum absolute atomic E-state index is 11.0. The highest BCUT2D eigenvalue weighted by atomic mass is 79.9. The second kappa shape index (κ2) is 4.72. The summed E-state index contributed by atoms with van der Waals surface area (Å²) in [5.41, 5.74) is 5.37. The van der Waals surface area contributed by atoms with Crippen LogP contribution in [0.25, 0.3) is 0 Å². The number of primary amides is 1. The van der Waals surface area contributed by atoms with E-state index in [1.54, 1.807) is 20.0 Å². The number of nitrogens with two attached hydrogens (primary N) is 1. The number of carbonyl (C=O) groups is 1. The zero-order chi connectivity index (χ0) is 11.5. The molecular formula is C10H14BrN3O. The summed E-state index contributed by atoms with van der Waals surface area (Å²) in [5.74, 6) is -0.377. The molecule has 1 aromatic heterocycles. The van der Waals surface area contributed by atoms with Gasteiger partial charge >= 0.3 is 0 Å². The molecule has 0 saturated carbocycles. The smallest absolute Gasteiger partial charge is 0.237 e. The number of nitrogens with one attached hydrogen (secondary N) is 1. The first-order chi connectivity index (χ1) is 6.92. The van der Waals surface area contributed by atoms with E-state index in [0.29, 0.717) is 6.54 Å². The third kappa shape index (κ3) is 3.60. The lowest BCUT2D eigenvalue weighted by molar-refractivity contribution is -0.123. The number of halogens is 1. The van der Waals surface area contributed by atoms with Crippen molar-refractivity contribution in [1.82, 2.24) is 10.3 Å². The summed E-state index contributed by atoms with van der Waals surface area (Å²) in [6.45, 7) is 4.00. The van der Waals surface area contributed by atoms with Crippen molar-refractivity contribution in [3.05, 3.63) is 28.5 Å². The van der Waals surface area contributed by atoms with E-state index in [9.17, 15) is 4.79 Å². The van der Waals surface area contributed by atoms with Crippen LogP contribution in [-0.2, 0) is 11.3 Å². The Labute approximate surface area is 97.4 Å². The van der Waals surface area contributed by atoms with Crippen LogP contribution in [0.2, 0.25) is 0 Å². The van der Waals surface area contributed by atoms with Crippen LogP contribution >= 0.6 is 15.9 Å². The van der Waals surface area contributed by atoms with E-state index < -0.39 is 5.54 Å². The average molecular weight is 272 g/mol. The molecule has 0 aliphatic heterocycles. The van der Waals surface area contributed by atoms with Crippen molar-refractivity contribution < 1.29 is 4.79 Å². The van der Waals surface area contributed by atoms with Gasteiger partial charge in [-0.05, 0) is 26.0 Å². The Morgan fingerprint density at radius 1 is 1.67 bits per heavy atom. The number of carbonyl (C=O) groups excluding carboxylic acids is 1. The molecule has 0 radical (unpaired) electrons. The molecule has 0 atom stereocenters. The number of amides is 1. The van der Waals surface area contributed by atoms with Crippen molar-refractivity contribution in [1.29, 1.82) is 0 Å². The van der Waals surface area contributed by atoms with Gasteiger partial charge in [0.25, 0.3) is 0 Å². The molecule has 0 unspecified atom stereocenters. The normalized spacial score (nSPS) is 11.4. The largest absolute Gasteiger partial charge is 0.368 e. The molecule has 1 heterocycles. The molecule has 4 nitrogen and oxygen atoms in total. The van der Waals surface area contributed by atoms with Crippen molar-refractivity contribution >= 4 is 21.8 Å². The van der Waals surface area contributed by atoms with Crippen molar-refractivity contribution in [3.63, 3.8) is 0 Å². The summed E-state index contributed by atoms with van der Waals surface area (Å²) in [6.07, 6.45) is 1.71. The lowest BCUT2D eigenvalue weighted by Crippen LogP contribution is -2.50. The fourth-order valence-corrected chi connectivity index (χ4v) is 1.33. The molecule has 3 N–H and O–H groups in total. The summed E-state index contributed by atoms with van der Waals surface area (Å²) in [7, 11) is 0. The van der Waals surface area contributed by atoms with Gasteiger partial charge in [0.1, 0.15) is 0 Å². The van der Waals surface area contributed by atoms with Crippen molar-refractivity contribution in [3.8, 4) is 0 Å². The second-order valence-corrected chi connectivity index (χ2v) is 4.72. The minimum absolute atomic E-state index is 0.377. The molecule has 1 amide bonds. The first-order valence-electron chi connectivity index (χ1n) is 4.57. The second-order valence-electron chi connectivity index (χ2n) is 3.81. The van der Waals surface area contributed by atoms with Crippen LogP contribution in [0.5, 0.6) is 0 Å². The number of nitrogens with zero attached hydrogens (tertiary/aromatic N) is 1. The van der Waals surface area contributed by atoms with Crippen LogP contribution in [0.3, 0.4) is 0 Å². The van der Waals surface area contributed by atoms with Gasteiger partial charge in [0, 0.05) is 17.2 Å². The van der Waals surface area contributed by atoms with Crippen molar-refractivity contribution in [2.24, 2.45) is 5.73 Å². The van der Waals surface area contributed by atoms with Crippen LogP contribution in [0, 0.1) is 0 Å². The fourth-order valence-electron chi connectivity index (χ4n) is 0.944. The Balaban J connectivity index is 2.61. The Morgan fingerprint density at radius 3 is 2.87 bits per heavy atom. The summed E-state index contributed by atoms with van der Waals surface area (Å²) in [6, 6.07) is 3.74. The van der Waals surface area contributed by atoms with Crippen LogP contribution < -0.4 is 11.1 Å². The van der Waals surface area contributed by atoms with Crippen LogP contribution in [-0.4, -0.2) is 16.4 Å². The molecule has 1 aromatic rings. The van der Waals surface area contributed by atoms with E-state index in [0.717, 1.165) is 10.2 Å². The first-order valence-corrected chi connectivity index (χ1v) is 5.36. The Bertz CT molecular complexity index is 365. The SMILES string of the molecule is CC(C)(NCc1cc(Br)ccn1)C(N)=O. The Morgan fingerprint density at radius 2 is 2.33 bits per heavy atom. The Kier molecular flexibility index (Phi) is 3.82. The highest BCUT2D eigenvalue weighted by Crippen LogP contribution is 2.10.